The first-order valence-corrected chi connectivity index (χ1v) is 8.78. The number of fused-ring (bicyclic) bond motifs is 1. The summed E-state index contributed by atoms with van der Waals surface area (Å²) < 4.78 is 15.2. The van der Waals surface area contributed by atoms with E-state index < -0.39 is 0 Å². The minimum absolute atomic E-state index is 0.00316. The molecule has 1 N–H and O–H groups in total. The van der Waals surface area contributed by atoms with Crippen molar-refractivity contribution in [2.45, 2.75) is 25.5 Å². The predicted octanol–water partition coefficient (Wildman–Crippen LogP) is 2.83. The molecule has 1 aromatic carbocycles. The van der Waals surface area contributed by atoms with Crippen LogP contribution in [0, 0.1) is 5.82 Å². The molecule has 6 heteroatoms. The number of aromatic nitrogens is 2. The zero-order valence-electron chi connectivity index (χ0n) is 14.3. The summed E-state index contributed by atoms with van der Waals surface area (Å²) in [5.41, 5.74) is 2.41. The van der Waals surface area contributed by atoms with Gasteiger partial charge in [-0.3, -0.25) is 4.79 Å². The molecule has 134 valence electrons. The number of carbonyl (C=O) groups excluding carboxylic acids is 1. The largest absolute Gasteiger partial charge is 0.393 e. The fraction of sp³-hybridized carbons (Fsp3) is 0.300. The van der Waals surface area contributed by atoms with Crippen LogP contribution >= 0.6 is 0 Å². The predicted molar refractivity (Wildman–Crippen MR) is 96.9 cm³/mol. The van der Waals surface area contributed by atoms with Crippen LogP contribution in [-0.4, -0.2) is 44.7 Å². The molecule has 1 amide bonds. The Labute approximate surface area is 150 Å². The van der Waals surface area contributed by atoms with E-state index in [4.69, 9.17) is 0 Å². The standard InChI is InChI=1S/C20H20FN3O2/c21-16-5-3-14(4-6-16)18-12-15-2-1-9-22-20(15)24(18)13-19(26)23-10-7-17(25)8-11-23/h1-6,9,12,17,25H,7-8,10-11,13H2. The zero-order valence-corrected chi connectivity index (χ0v) is 14.3. The van der Waals surface area contributed by atoms with Crippen molar-refractivity contribution >= 4 is 16.9 Å². The van der Waals surface area contributed by atoms with Crippen LogP contribution in [0.4, 0.5) is 4.39 Å². The average Bonchev–Trinajstić information content (AvgIpc) is 3.01. The summed E-state index contributed by atoms with van der Waals surface area (Å²) in [5, 5.41) is 10.6. The van der Waals surface area contributed by atoms with Gasteiger partial charge in [0.15, 0.2) is 0 Å². The van der Waals surface area contributed by atoms with E-state index in [1.807, 2.05) is 22.8 Å². The first-order valence-electron chi connectivity index (χ1n) is 8.78. The first kappa shape index (κ1) is 16.7. The Kier molecular flexibility index (Phi) is 4.42. The Morgan fingerprint density at radius 3 is 2.65 bits per heavy atom. The van der Waals surface area contributed by atoms with E-state index in [2.05, 4.69) is 4.98 Å². The topological polar surface area (TPSA) is 58.4 Å². The Hall–Kier alpha value is -2.73. The van der Waals surface area contributed by atoms with Gasteiger partial charge in [-0.05, 0) is 60.9 Å². The van der Waals surface area contributed by atoms with Crippen molar-refractivity contribution in [2.75, 3.05) is 13.1 Å². The van der Waals surface area contributed by atoms with Gasteiger partial charge in [0.2, 0.25) is 5.91 Å². The molecular weight excluding hydrogens is 333 g/mol. The van der Waals surface area contributed by atoms with Gasteiger partial charge in [-0.1, -0.05) is 0 Å². The van der Waals surface area contributed by atoms with Gasteiger partial charge >= 0.3 is 0 Å². The van der Waals surface area contributed by atoms with E-state index in [1.165, 1.54) is 12.1 Å². The number of benzene rings is 1. The molecule has 1 aliphatic heterocycles. The van der Waals surface area contributed by atoms with Crippen molar-refractivity contribution in [2.24, 2.45) is 0 Å². The van der Waals surface area contributed by atoms with Crippen LogP contribution in [0.2, 0.25) is 0 Å². The van der Waals surface area contributed by atoms with Crippen molar-refractivity contribution in [3.05, 3.63) is 54.5 Å². The number of pyridine rings is 1. The van der Waals surface area contributed by atoms with E-state index in [1.54, 1.807) is 23.2 Å². The maximum Gasteiger partial charge on any atom is 0.242 e. The highest BCUT2D eigenvalue weighted by atomic mass is 19.1. The highest BCUT2D eigenvalue weighted by molar-refractivity contribution is 5.87. The number of likely N-dealkylation sites (tertiary alicyclic amines) is 1. The van der Waals surface area contributed by atoms with Gasteiger partial charge in [0.25, 0.3) is 0 Å². The molecule has 0 atom stereocenters. The Balaban J connectivity index is 1.69. The van der Waals surface area contributed by atoms with E-state index in [9.17, 15) is 14.3 Å². The number of nitrogens with zero attached hydrogens (tertiary/aromatic N) is 3. The van der Waals surface area contributed by atoms with Crippen LogP contribution in [0.5, 0.6) is 0 Å². The number of amides is 1. The van der Waals surface area contributed by atoms with Crippen LogP contribution in [0.25, 0.3) is 22.3 Å². The third kappa shape index (κ3) is 3.20. The minimum atomic E-state index is -0.317. The number of halogens is 1. The smallest absolute Gasteiger partial charge is 0.242 e. The maximum absolute atomic E-state index is 13.3. The molecule has 1 fully saturated rings. The van der Waals surface area contributed by atoms with Crippen LogP contribution < -0.4 is 0 Å². The van der Waals surface area contributed by atoms with Gasteiger partial charge < -0.3 is 14.6 Å². The fourth-order valence-corrected chi connectivity index (χ4v) is 3.46. The summed E-state index contributed by atoms with van der Waals surface area (Å²) in [4.78, 5) is 19.0. The molecule has 1 aliphatic rings. The lowest BCUT2D eigenvalue weighted by Gasteiger charge is -2.30. The molecule has 5 nitrogen and oxygen atoms in total. The lowest BCUT2D eigenvalue weighted by Crippen LogP contribution is -2.41. The Morgan fingerprint density at radius 1 is 1.19 bits per heavy atom. The molecule has 1 saturated heterocycles. The maximum atomic E-state index is 13.3. The van der Waals surface area contributed by atoms with Crippen LogP contribution in [0.1, 0.15) is 12.8 Å². The molecular formula is C20H20FN3O2. The molecule has 0 saturated carbocycles. The van der Waals surface area contributed by atoms with Gasteiger partial charge in [0.1, 0.15) is 18.0 Å². The quantitative estimate of drug-likeness (QED) is 0.788. The molecule has 0 aliphatic carbocycles. The molecule has 0 unspecified atom stereocenters. The van der Waals surface area contributed by atoms with Gasteiger partial charge in [0.05, 0.1) is 11.8 Å². The summed E-state index contributed by atoms with van der Waals surface area (Å²) in [5.74, 6) is -0.291. The van der Waals surface area contributed by atoms with Crippen LogP contribution in [-0.2, 0) is 11.3 Å². The lowest BCUT2D eigenvalue weighted by molar-refractivity contribution is -0.133. The third-order valence-corrected chi connectivity index (χ3v) is 4.91. The second-order valence-electron chi connectivity index (χ2n) is 6.65. The number of hydrogen-bond donors (Lipinski definition) is 1. The molecule has 0 bridgehead atoms. The number of hydrogen-bond acceptors (Lipinski definition) is 3. The number of piperidine rings is 1. The highest BCUT2D eigenvalue weighted by Gasteiger charge is 2.23. The average molecular weight is 353 g/mol. The third-order valence-electron chi connectivity index (χ3n) is 4.91. The zero-order chi connectivity index (χ0) is 18.1. The van der Waals surface area contributed by atoms with E-state index in [-0.39, 0.29) is 24.4 Å². The molecule has 26 heavy (non-hydrogen) atoms. The second-order valence-corrected chi connectivity index (χ2v) is 6.65. The SMILES string of the molecule is O=C(Cn1c(-c2ccc(F)cc2)cc2cccnc21)N1CCC(O)CC1. The van der Waals surface area contributed by atoms with Crippen molar-refractivity contribution in [3.8, 4) is 11.3 Å². The van der Waals surface area contributed by atoms with Crippen molar-refractivity contribution in [3.63, 3.8) is 0 Å². The van der Waals surface area contributed by atoms with E-state index in [0.717, 1.165) is 22.3 Å². The summed E-state index contributed by atoms with van der Waals surface area (Å²) >= 11 is 0. The number of aliphatic hydroxyl groups excluding tert-OH is 1. The second kappa shape index (κ2) is 6.88. The highest BCUT2D eigenvalue weighted by Crippen LogP contribution is 2.27. The van der Waals surface area contributed by atoms with Crippen LogP contribution in [0.15, 0.2) is 48.7 Å². The van der Waals surface area contributed by atoms with Crippen molar-refractivity contribution in [1.82, 2.24) is 14.5 Å². The normalized spacial score (nSPS) is 15.5. The molecule has 0 radical (unpaired) electrons. The molecule has 0 spiro atoms. The first-order chi connectivity index (χ1) is 12.6. The lowest BCUT2D eigenvalue weighted by atomic mass is 10.1. The Morgan fingerprint density at radius 2 is 1.92 bits per heavy atom. The minimum Gasteiger partial charge on any atom is -0.393 e. The number of rotatable bonds is 3. The summed E-state index contributed by atoms with van der Waals surface area (Å²) in [6, 6.07) is 12.0. The summed E-state index contributed by atoms with van der Waals surface area (Å²) in [7, 11) is 0. The molecule has 3 aromatic rings. The monoisotopic (exact) mass is 353 g/mol. The van der Waals surface area contributed by atoms with E-state index in [0.29, 0.717) is 25.9 Å². The van der Waals surface area contributed by atoms with Gasteiger partial charge in [-0.25, -0.2) is 9.37 Å². The fourth-order valence-electron chi connectivity index (χ4n) is 3.46. The molecule has 3 heterocycles. The molecule has 2 aromatic heterocycles. The summed E-state index contributed by atoms with van der Waals surface area (Å²) in [6.45, 7) is 1.31. The number of carbonyl (C=O) groups is 1. The summed E-state index contributed by atoms with van der Waals surface area (Å²) in [6.07, 6.45) is 2.61. The Bertz CT molecular complexity index is 928. The number of aliphatic hydroxyl groups is 1. The van der Waals surface area contributed by atoms with Crippen LogP contribution in [0.3, 0.4) is 0 Å². The van der Waals surface area contributed by atoms with Gasteiger partial charge in [-0.2, -0.15) is 0 Å². The van der Waals surface area contributed by atoms with Gasteiger partial charge in [0, 0.05) is 24.7 Å². The van der Waals surface area contributed by atoms with Crippen molar-refractivity contribution in [1.29, 1.82) is 0 Å². The van der Waals surface area contributed by atoms with E-state index >= 15 is 0 Å². The van der Waals surface area contributed by atoms with Crippen molar-refractivity contribution < 1.29 is 14.3 Å². The molecule has 4 rings (SSSR count). The van der Waals surface area contributed by atoms with Gasteiger partial charge in [-0.15, -0.1) is 0 Å².